The van der Waals surface area contributed by atoms with Crippen molar-refractivity contribution in [1.82, 2.24) is 14.5 Å². The van der Waals surface area contributed by atoms with Crippen LogP contribution in [0, 0.1) is 6.92 Å². The van der Waals surface area contributed by atoms with Gasteiger partial charge in [0.1, 0.15) is 6.10 Å². The van der Waals surface area contributed by atoms with Crippen molar-refractivity contribution in [2.45, 2.75) is 50.0 Å². The molecule has 1 fully saturated rings. The van der Waals surface area contributed by atoms with Crippen molar-refractivity contribution in [3.8, 4) is 5.88 Å². The van der Waals surface area contributed by atoms with Gasteiger partial charge in [0.15, 0.2) is 0 Å². The normalized spacial score (nSPS) is 20.7. The highest BCUT2D eigenvalue weighted by Crippen LogP contribution is 2.28. The van der Waals surface area contributed by atoms with E-state index in [1.54, 1.807) is 12.1 Å². The summed E-state index contributed by atoms with van der Waals surface area (Å²) in [6.07, 6.45) is 4.79. The lowest BCUT2D eigenvalue weighted by Crippen LogP contribution is -2.31. The maximum atomic E-state index is 13.0. The topological polar surface area (TPSA) is 72.4 Å². The molecule has 1 aromatic carbocycles. The molecule has 0 N–H and O–H groups in total. The average Bonchev–Trinajstić information content (AvgIpc) is 3.12. The standard InChI is InChI=1S/C19H23N3O3S/c1-14-6-9-19(21-20-14)25-17-10-11-22(13-17)26(23,24)18-8-7-15-4-2-3-5-16(15)12-18/h6-9,12,17H,2-5,10-11,13H2,1H3. The van der Waals surface area contributed by atoms with Crippen LogP contribution in [-0.4, -0.2) is 42.1 Å². The van der Waals surface area contributed by atoms with Crippen molar-refractivity contribution in [1.29, 1.82) is 0 Å². The number of ether oxygens (including phenoxy) is 1. The van der Waals surface area contributed by atoms with Gasteiger partial charge in [0.2, 0.25) is 15.9 Å². The SMILES string of the molecule is Cc1ccc(OC2CCN(S(=O)(=O)c3ccc4c(c3)CCCC4)C2)nn1. The van der Waals surface area contributed by atoms with Gasteiger partial charge in [-0.2, -0.15) is 9.40 Å². The number of benzene rings is 1. The smallest absolute Gasteiger partial charge is 0.243 e. The second kappa shape index (κ2) is 6.96. The second-order valence-corrected chi connectivity index (χ2v) is 8.98. The fourth-order valence-electron chi connectivity index (χ4n) is 3.65. The van der Waals surface area contributed by atoms with Gasteiger partial charge >= 0.3 is 0 Å². The van der Waals surface area contributed by atoms with Gasteiger partial charge in [-0.3, -0.25) is 0 Å². The van der Waals surface area contributed by atoms with Crippen LogP contribution in [0.1, 0.15) is 36.1 Å². The van der Waals surface area contributed by atoms with Crippen molar-refractivity contribution < 1.29 is 13.2 Å². The number of hydrogen-bond acceptors (Lipinski definition) is 5. The molecule has 2 aromatic rings. The molecular weight excluding hydrogens is 350 g/mol. The Labute approximate surface area is 154 Å². The summed E-state index contributed by atoms with van der Waals surface area (Å²) in [5.74, 6) is 0.439. The number of fused-ring (bicyclic) bond motifs is 1. The lowest BCUT2D eigenvalue weighted by atomic mass is 9.92. The van der Waals surface area contributed by atoms with Gasteiger partial charge < -0.3 is 4.74 Å². The minimum Gasteiger partial charge on any atom is -0.472 e. The quantitative estimate of drug-likeness (QED) is 0.823. The van der Waals surface area contributed by atoms with E-state index in [4.69, 9.17) is 4.74 Å². The first-order chi connectivity index (χ1) is 12.5. The summed E-state index contributed by atoms with van der Waals surface area (Å²) in [7, 11) is -3.49. The molecule has 138 valence electrons. The molecule has 0 saturated carbocycles. The zero-order valence-electron chi connectivity index (χ0n) is 14.9. The first-order valence-electron chi connectivity index (χ1n) is 9.11. The summed E-state index contributed by atoms with van der Waals surface area (Å²) < 4.78 is 33.3. The van der Waals surface area contributed by atoms with Crippen LogP contribution in [0.3, 0.4) is 0 Å². The van der Waals surface area contributed by atoms with Gasteiger partial charge in [0.05, 0.1) is 17.1 Å². The molecule has 0 amide bonds. The summed E-state index contributed by atoms with van der Waals surface area (Å²) in [5.41, 5.74) is 3.29. The second-order valence-electron chi connectivity index (χ2n) is 7.04. The first kappa shape index (κ1) is 17.4. The third-order valence-electron chi connectivity index (χ3n) is 5.13. The van der Waals surface area contributed by atoms with Crippen LogP contribution in [0.5, 0.6) is 5.88 Å². The predicted octanol–water partition coefficient (Wildman–Crippen LogP) is 2.51. The van der Waals surface area contributed by atoms with Gasteiger partial charge in [0.25, 0.3) is 0 Å². The molecule has 1 aliphatic carbocycles. The van der Waals surface area contributed by atoms with E-state index < -0.39 is 10.0 Å². The fourth-order valence-corrected chi connectivity index (χ4v) is 5.19. The molecule has 0 bridgehead atoms. The number of nitrogens with zero attached hydrogens (tertiary/aromatic N) is 3. The summed E-state index contributed by atoms with van der Waals surface area (Å²) in [6.45, 7) is 2.66. The van der Waals surface area contributed by atoms with E-state index in [-0.39, 0.29) is 6.10 Å². The van der Waals surface area contributed by atoms with Crippen LogP contribution in [0.2, 0.25) is 0 Å². The van der Waals surface area contributed by atoms with E-state index >= 15 is 0 Å². The highest BCUT2D eigenvalue weighted by atomic mass is 32.2. The van der Waals surface area contributed by atoms with E-state index in [0.29, 0.717) is 30.3 Å². The van der Waals surface area contributed by atoms with Gasteiger partial charge in [-0.15, -0.1) is 5.10 Å². The van der Waals surface area contributed by atoms with Gasteiger partial charge in [-0.1, -0.05) is 6.07 Å². The third-order valence-corrected chi connectivity index (χ3v) is 6.99. The summed E-state index contributed by atoms with van der Waals surface area (Å²) in [4.78, 5) is 0.397. The van der Waals surface area contributed by atoms with Crippen LogP contribution < -0.4 is 4.74 Å². The minimum absolute atomic E-state index is 0.195. The molecule has 0 spiro atoms. The number of aryl methyl sites for hydroxylation is 3. The Kier molecular flexibility index (Phi) is 4.67. The molecule has 1 atom stereocenters. The lowest BCUT2D eigenvalue weighted by Gasteiger charge is -2.20. The molecule has 1 saturated heterocycles. The summed E-state index contributed by atoms with van der Waals surface area (Å²) in [5, 5.41) is 7.97. The van der Waals surface area contributed by atoms with Crippen LogP contribution in [0.15, 0.2) is 35.2 Å². The number of rotatable bonds is 4. The van der Waals surface area contributed by atoms with Crippen molar-refractivity contribution in [3.63, 3.8) is 0 Å². The van der Waals surface area contributed by atoms with Gasteiger partial charge in [-0.05, 0) is 68.4 Å². The zero-order valence-corrected chi connectivity index (χ0v) is 15.7. The maximum absolute atomic E-state index is 13.0. The van der Waals surface area contributed by atoms with Crippen molar-refractivity contribution in [2.24, 2.45) is 0 Å². The van der Waals surface area contributed by atoms with Crippen molar-refractivity contribution in [2.75, 3.05) is 13.1 Å². The number of aromatic nitrogens is 2. The molecule has 1 aliphatic heterocycles. The Morgan fingerprint density at radius 3 is 2.65 bits per heavy atom. The number of hydrogen-bond donors (Lipinski definition) is 0. The molecule has 7 heteroatoms. The maximum Gasteiger partial charge on any atom is 0.243 e. The fraction of sp³-hybridized carbons (Fsp3) is 0.474. The van der Waals surface area contributed by atoms with Gasteiger partial charge in [-0.25, -0.2) is 8.42 Å². The Morgan fingerprint density at radius 2 is 1.88 bits per heavy atom. The minimum atomic E-state index is -3.49. The largest absolute Gasteiger partial charge is 0.472 e. The van der Waals surface area contributed by atoms with E-state index in [0.717, 1.165) is 25.0 Å². The molecular formula is C19H23N3O3S. The first-order valence-corrected chi connectivity index (χ1v) is 10.6. The highest BCUT2D eigenvalue weighted by molar-refractivity contribution is 7.89. The van der Waals surface area contributed by atoms with E-state index in [1.807, 2.05) is 25.1 Å². The molecule has 6 nitrogen and oxygen atoms in total. The molecule has 4 rings (SSSR count). The highest BCUT2D eigenvalue weighted by Gasteiger charge is 2.34. The number of sulfonamides is 1. The summed E-state index contributed by atoms with van der Waals surface area (Å²) >= 11 is 0. The van der Waals surface area contributed by atoms with E-state index in [2.05, 4.69) is 10.2 Å². The lowest BCUT2D eigenvalue weighted by molar-refractivity contribution is 0.204. The van der Waals surface area contributed by atoms with Gasteiger partial charge in [0, 0.05) is 12.6 Å². The predicted molar refractivity (Wildman–Crippen MR) is 97.6 cm³/mol. The molecule has 2 aliphatic rings. The van der Waals surface area contributed by atoms with Crippen LogP contribution in [0.25, 0.3) is 0 Å². The molecule has 0 radical (unpaired) electrons. The Balaban J connectivity index is 1.48. The van der Waals surface area contributed by atoms with Crippen LogP contribution in [0.4, 0.5) is 0 Å². The third kappa shape index (κ3) is 3.46. The van der Waals surface area contributed by atoms with Crippen molar-refractivity contribution in [3.05, 3.63) is 47.2 Å². The molecule has 1 unspecified atom stereocenters. The van der Waals surface area contributed by atoms with Crippen LogP contribution in [-0.2, 0) is 22.9 Å². The Bertz CT molecular complexity index is 897. The Hall–Kier alpha value is -1.99. The zero-order chi connectivity index (χ0) is 18.1. The molecule has 2 heterocycles. The summed E-state index contributed by atoms with van der Waals surface area (Å²) in [6, 6.07) is 9.19. The van der Waals surface area contributed by atoms with E-state index in [1.165, 1.54) is 21.9 Å². The van der Waals surface area contributed by atoms with E-state index in [9.17, 15) is 8.42 Å². The van der Waals surface area contributed by atoms with Crippen LogP contribution >= 0.6 is 0 Å². The van der Waals surface area contributed by atoms with Crippen molar-refractivity contribution >= 4 is 10.0 Å². The monoisotopic (exact) mass is 373 g/mol. The molecule has 1 aromatic heterocycles. The Morgan fingerprint density at radius 1 is 1.08 bits per heavy atom. The average molecular weight is 373 g/mol. The molecule has 26 heavy (non-hydrogen) atoms.